The van der Waals surface area contributed by atoms with Crippen molar-refractivity contribution < 1.29 is 4.79 Å². The Balaban J connectivity index is 2.37. The van der Waals surface area contributed by atoms with E-state index in [0.717, 1.165) is 16.7 Å². The number of nitrogens with zero attached hydrogens (tertiary/aromatic N) is 2. The lowest BCUT2D eigenvalue weighted by molar-refractivity contribution is -0.120. The van der Waals surface area contributed by atoms with Crippen molar-refractivity contribution >= 4 is 5.91 Å². The first-order chi connectivity index (χ1) is 10.8. The van der Waals surface area contributed by atoms with E-state index < -0.39 is 11.3 Å². The zero-order valence-electron chi connectivity index (χ0n) is 11.9. The van der Waals surface area contributed by atoms with Crippen molar-refractivity contribution in [3.63, 3.8) is 0 Å². The van der Waals surface area contributed by atoms with Crippen LogP contribution in [0.5, 0.6) is 0 Å². The maximum Gasteiger partial charge on any atom is 0.237 e. The fraction of sp³-hybridized carbons (Fsp3) is 0.0556. The topological polar surface area (TPSA) is 68.9 Å². The lowest BCUT2D eigenvalue weighted by Gasteiger charge is -2.31. The molecule has 0 bridgehead atoms. The molecule has 0 radical (unpaired) electrons. The molecule has 4 heteroatoms. The molecule has 1 aromatic carbocycles. The number of benzene rings is 1. The molecule has 0 aliphatic carbocycles. The van der Waals surface area contributed by atoms with Crippen LogP contribution in [-0.2, 0) is 10.2 Å². The van der Waals surface area contributed by atoms with Crippen LogP contribution in [0.15, 0.2) is 79.4 Å². The SMILES string of the molecule is NC(=O)C(c1ccccc1)(c1cccnc1)c1cccnc1. The van der Waals surface area contributed by atoms with Gasteiger partial charge in [-0.25, -0.2) is 0 Å². The summed E-state index contributed by atoms with van der Waals surface area (Å²) in [6, 6.07) is 16.8. The Morgan fingerprint density at radius 3 is 1.68 bits per heavy atom. The van der Waals surface area contributed by atoms with E-state index in [1.54, 1.807) is 36.9 Å². The van der Waals surface area contributed by atoms with Gasteiger partial charge in [-0.3, -0.25) is 14.8 Å². The van der Waals surface area contributed by atoms with Crippen LogP contribution in [0.4, 0.5) is 0 Å². The maximum absolute atomic E-state index is 12.6. The molecule has 0 saturated heterocycles. The number of carbonyl (C=O) groups excluding carboxylic acids is 1. The van der Waals surface area contributed by atoms with Gasteiger partial charge in [0.1, 0.15) is 5.41 Å². The van der Waals surface area contributed by atoms with Gasteiger partial charge in [0.2, 0.25) is 5.91 Å². The smallest absolute Gasteiger partial charge is 0.237 e. The third-order valence-electron chi connectivity index (χ3n) is 3.77. The second kappa shape index (κ2) is 5.77. The van der Waals surface area contributed by atoms with Crippen molar-refractivity contribution in [2.24, 2.45) is 5.73 Å². The number of aromatic nitrogens is 2. The molecule has 2 heterocycles. The predicted molar refractivity (Wildman–Crippen MR) is 84.0 cm³/mol. The second-order valence-corrected chi connectivity index (χ2v) is 4.96. The summed E-state index contributed by atoms with van der Waals surface area (Å²) in [4.78, 5) is 20.9. The molecule has 0 aliphatic rings. The monoisotopic (exact) mass is 289 g/mol. The fourth-order valence-corrected chi connectivity index (χ4v) is 2.78. The molecule has 108 valence electrons. The highest BCUT2D eigenvalue weighted by Crippen LogP contribution is 2.38. The molecule has 2 N–H and O–H groups in total. The average molecular weight is 289 g/mol. The molecule has 0 unspecified atom stereocenters. The highest BCUT2D eigenvalue weighted by atomic mass is 16.1. The van der Waals surface area contributed by atoms with Gasteiger partial charge in [-0.05, 0) is 28.8 Å². The van der Waals surface area contributed by atoms with E-state index in [-0.39, 0.29) is 0 Å². The summed E-state index contributed by atoms with van der Waals surface area (Å²) in [6.45, 7) is 0. The van der Waals surface area contributed by atoms with Crippen molar-refractivity contribution in [3.05, 3.63) is 96.1 Å². The van der Waals surface area contributed by atoms with Gasteiger partial charge in [-0.2, -0.15) is 0 Å². The summed E-state index contributed by atoms with van der Waals surface area (Å²) in [5.41, 5.74) is 7.01. The van der Waals surface area contributed by atoms with Crippen LogP contribution in [0.3, 0.4) is 0 Å². The van der Waals surface area contributed by atoms with Crippen molar-refractivity contribution in [3.8, 4) is 0 Å². The number of primary amides is 1. The standard InChI is InChI=1S/C18H15N3O/c19-17(22)18(14-6-2-1-3-7-14,15-8-4-10-20-12-15)16-9-5-11-21-13-16/h1-13H,(H2,19,22). The van der Waals surface area contributed by atoms with Gasteiger partial charge in [0.05, 0.1) is 0 Å². The van der Waals surface area contributed by atoms with Crippen LogP contribution < -0.4 is 5.73 Å². The molecule has 0 aliphatic heterocycles. The average Bonchev–Trinajstić information content (AvgIpc) is 2.58. The van der Waals surface area contributed by atoms with E-state index in [1.807, 2.05) is 42.5 Å². The molecular formula is C18H15N3O. The summed E-state index contributed by atoms with van der Waals surface area (Å²) in [5.74, 6) is -0.459. The summed E-state index contributed by atoms with van der Waals surface area (Å²) in [6.07, 6.45) is 6.68. The Morgan fingerprint density at radius 2 is 1.27 bits per heavy atom. The molecule has 1 amide bonds. The van der Waals surface area contributed by atoms with Crippen molar-refractivity contribution in [1.29, 1.82) is 0 Å². The molecule has 3 aromatic rings. The van der Waals surface area contributed by atoms with Crippen molar-refractivity contribution in [2.45, 2.75) is 5.41 Å². The number of rotatable bonds is 4. The fourth-order valence-electron chi connectivity index (χ4n) is 2.78. The first-order valence-corrected chi connectivity index (χ1v) is 6.92. The normalized spacial score (nSPS) is 11.1. The lowest BCUT2D eigenvalue weighted by atomic mass is 9.70. The maximum atomic E-state index is 12.6. The quantitative estimate of drug-likeness (QED) is 0.801. The van der Waals surface area contributed by atoms with Gasteiger partial charge in [-0.15, -0.1) is 0 Å². The number of nitrogens with two attached hydrogens (primary N) is 1. The van der Waals surface area contributed by atoms with Crippen LogP contribution in [0.1, 0.15) is 16.7 Å². The zero-order chi connectivity index (χ0) is 15.4. The van der Waals surface area contributed by atoms with Gasteiger partial charge in [0.25, 0.3) is 0 Å². The third-order valence-corrected chi connectivity index (χ3v) is 3.77. The second-order valence-electron chi connectivity index (χ2n) is 4.96. The Labute approximate surface area is 128 Å². The summed E-state index contributed by atoms with van der Waals surface area (Å²) >= 11 is 0. The Kier molecular flexibility index (Phi) is 3.66. The largest absolute Gasteiger partial charge is 0.368 e. The molecule has 3 rings (SSSR count). The highest BCUT2D eigenvalue weighted by molar-refractivity contribution is 5.94. The Morgan fingerprint density at radius 1 is 0.773 bits per heavy atom. The predicted octanol–water partition coefficient (Wildman–Crippen LogP) is 2.30. The number of pyridine rings is 2. The molecule has 0 spiro atoms. The number of carbonyl (C=O) groups is 1. The van der Waals surface area contributed by atoms with Gasteiger partial charge in [-0.1, -0.05) is 42.5 Å². The van der Waals surface area contributed by atoms with E-state index in [4.69, 9.17) is 5.73 Å². The zero-order valence-corrected chi connectivity index (χ0v) is 11.9. The number of hydrogen-bond acceptors (Lipinski definition) is 3. The minimum Gasteiger partial charge on any atom is -0.368 e. The third kappa shape index (κ3) is 2.15. The van der Waals surface area contributed by atoms with Crippen LogP contribution in [-0.4, -0.2) is 15.9 Å². The summed E-state index contributed by atoms with van der Waals surface area (Å²) in [7, 11) is 0. The Bertz CT molecular complexity index is 661. The van der Waals surface area contributed by atoms with E-state index in [9.17, 15) is 4.79 Å². The molecule has 4 nitrogen and oxygen atoms in total. The van der Waals surface area contributed by atoms with Gasteiger partial charge in [0, 0.05) is 24.8 Å². The molecule has 0 fully saturated rings. The summed E-state index contributed by atoms with van der Waals surface area (Å²) < 4.78 is 0. The number of hydrogen-bond donors (Lipinski definition) is 1. The van der Waals surface area contributed by atoms with Gasteiger partial charge < -0.3 is 5.73 Å². The van der Waals surface area contributed by atoms with Crippen molar-refractivity contribution in [2.75, 3.05) is 0 Å². The van der Waals surface area contributed by atoms with Crippen LogP contribution in [0.2, 0.25) is 0 Å². The van der Waals surface area contributed by atoms with Gasteiger partial charge in [0.15, 0.2) is 0 Å². The van der Waals surface area contributed by atoms with Gasteiger partial charge >= 0.3 is 0 Å². The van der Waals surface area contributed by atoms with Crippen LogP contribution in [0.25, 0.3) is 0 Å². The molecule has 22 heavy (non-hydrogen) atoms. The van der Waals surface area contributed by atoms with Crippen molar-refractivity contribution in [1.82, 2.24) is 9.97 Å². The first kappa shape index (κ1) is 13.9. The minimum atomic E-state index is -1.11. The Hall–Kier alpha value is -3.01. The van der Waals surface area contributed by atoms with E-state index in [2.05, 4.69) is 9.97 Å². The first-order valence-electron chi connectivity index (χ1n) is 6.92. The molecule has 2 aromatic heterocycles. The van der Waals surface area contributed by atoms with E-state index in [1.165, 1.54) is 0 Å². The van der Waals surface area contributed by atoms with Crippen LogP contribution in [0, 0.1) is 0 Å². The summed E-state index contributed by atoms with van der Waals surface area (Å²) in [5, 5.41) is 0. The minimum absolute atomic E-state index is 0.459. The van der Waals surface area contributed by atoms with E-state index in [0.29, 0.717) is 0 Å². The highest BCUT2D eigenvalue weighted by Gasteiger charge is 2.42. The van der Waals surface area contributed by atoms with E-state index >= 15 is 0 Å². The molecule has 0 saturated carbocycles. The molecular weight excluding hydrogens is 274 g/mol. The molecule has 0 atom stereocenters. The number of amides is 1. The lowest BCUT2D eigenvalue weighted by Crippen LogP contribution is -2.43. The van der Waals surface area contributed by atoms with Crippen LogP contribution >= 0.6 is 0 Å².